The number of hydrogen-bond donors (Lipinski definition) is 0. The van der Waals surface area contributed by atoms with Crippen molar-refractivity contribution in [1.82, 2.24) is 4.57 Å². The van der Waals surface area contributed by atoms with E-state index in [4.69, 9.17) is 4.74 Å². The van der Waals surface area contributed by atoms with Crippen LogP contribution in [0.5, 0.6) is 0 Å². The van der Waals surface area contributed by atoms with Crippen LogP contribution in [0.1, 0.15) is 20.8 Å². The van der Waals surface area contributed by atoms with Crippen LogP contribution in [0.2, 0.25) is 0 Å². The summed E-state index contributed by atoms with van der Waals surface area (Å²) in [7, 11) is 0. The Labute approximate surface area is 101 Å². The SMILES string of the molecule is CCOC(=O)C(C)(C)n1ccc2ccccc21. The van der Waals surface area contributed by atoms with Gasteiger partial charge in [-0.2, -0.15) is 0 Å². The Kier molecular flexibility index (Phi) is 2.92. The number of carbonyl (C=O) groups excluding carboxylic acids is 1. The molecule has 0 saturated carbocycles. The standard InChI is InChI=1S/C14H17NO2/c1-4-17-13(16)14(2,3)15-10-9-11-7-5-6-8-12(11)15/h5-10H,4H2,1-3H3. The topological polar surface area (TPSA) is 31.2 Å². The molecule has 0 bridgehead atoms. The molecule has 0 unspecified atom stereocenters. The van der Waals surface area contributed by atoms with E-state index < -0.39 is 5.54 Å². The van der Waals surface area contributed by atoms with Crippen LogP contribution in [0.15, 0.2) is 36.5 Å². The fraction of sp³-hybridized carbons (Fsp3) is 0.357. The van der Waals surface area contributed by atoms with Gasteiger partial charge in [-0.3, -0.25) is 0 Å². The van der Waals surface area contributed by atoms with Crippen molar-refractivity contribution in [2.45, 2.75) is 26.3 Å². The fourth-order valence-corrected chi connectivity index (χ4v) is 1.98. The number of para-hydroxylation sites is 1. The minimum absolute atomic E-state index is 0.207. The molecule has 0 atom stereocenters. The van der Waals surface area contributed by atoms with Crippen LogP contribution in [0.25, 0.3) is 10.9 Å². The summed E-state index contributed by atoms with van der Waals surface area (Å²) in [5.41, 5.74) is 0.365. The average Bonchev–Trinajstić information content (AvgIpc) is 2.73. The van der Waals surface area contributed by atoms with Gasteiger partial charge in [-0.25, -0.2) is 4.79 Å². The highest BCUT2D eigenvalue weighted by Crippen LogP contribution is 2.25. The molecule has 0 spiro atoms. The molecule has 90 valence electrons. The molecule has 0 N–H and O–H groups in total. The zero-order valence-electron chi connectivity index (χ0n) is 10.4. The van der Waals surface area contributed by atoms with E-state index in [2.05, 4.69) is 0 Å². The van der Waals surface area contributed by atoms with Crippen molar-refractivity contribution in [2.24, 2.45) is 0 Å². The summed E-state index contributed by atoms with van der Waals surface area (Å²) < 4.78 is 7.08. The Hall–Kier alpha value is -1.77. The Bertz CT molecular complexity index is 540. The average molecular weight is 231 g/mol. The molecular weight excluding hydrogens is 214 g/mol. The molecule has 1 aromatic heterocycles. The second-order valence-corrected chi connectivity index (χ2v) is 4.52. The smallest absolute Gasteiger partial charge is 0.331 e. The highest BCUT2D eigenvalue weighted by molar-refractivity contribution is 5.85. The predicted molar refractivity (Wildman–Crippen MR) is 67.9 cm³/mol. The lowest BCUT2D eigenvalue weighted by atomic mass is 10.1. The highest BCUT2D eigenvalue weighted by Gasteiger charge is 2.31. The molecule has 0 aliphatic heterocycles. The second-order valence-electron chi connectivity index (χ2n) is 4.52. The quantitative estimate of drug-likeness (QED) is 0.760. The van der Waals surface area contributed by atoms with Crippen molar-refractivity contribution in [3.63, 3.8) is 0 Å². The van der Waals surface area contributed by atoms with Crippen LogP contribution >= 0.6 is 0 Å². The van der Waals surface area contributed by atoms with Gasteiger partial charge in [0.1, 0.15) is 5.54 Å². The van der Waals surface area contributed by atoms with Gasteiger partial charge in [-0.15, -0.1) is 0 Å². The molecule has 2 aromatic rings. The third-order valence-electron chi connectivity index (χ3n) is 2.98. The number of fused-ring (bicyclic) bond motifs is 1. The number of carbonyl (C=O) groups is 1. The molecule has 0 radical (unpaired) electrons. The summed E-state index contributed by atoms with van der Waals surface area (Å²) in [6.07, 6.45) is 1.93. The summed E-state index contributed by atoms with van der Waals surface area (Å²) in [5, 5.41) is 1.13. The van der Waals surface area contributed by atoms with Gasteiger partial charge in [-0.05, 0) is 38.3 Å². The van der Waals surface area contributed by atoms with E-state index in [1.807, 2.05) is 61.9 Å². The van der Waals surface area contributed by atoms with Crippen LogP contribution in [0.4, 0.5) is 0 Å². The summed E-state index contributed by atoms with van der Waals surface area (Å²) in [6, 6.07) is 10.0. The third-order valence-corrected chi connectivity index (χ3v) is 2.98. The fourth-order valence-electron chi connectivity index (χ4n) is 1.98. The van der Waals surface area contributed by atoms with E-state index in [0.717, 1.165) is 10.9 Å². The number of nitrogens with zero attached hydrogens (tertiary/aromatic N) is 1. The van der Waals surface area contributed by atoms with E-state index >= 15 is 0 Å². The van der Waals surface area contributed by atoms with Gasteiger partial charge < -0.3 is 9.30 Å². The van der Waals surface area contributed by atoms with Crippen LogP contribution < -0.4 is 0 Å². The van der Waals surface area contributed by atoms with Gasteiger partial charge in [0.25, 0.3) is 0 Å². The molecule has 3 nitrogen and oxygen atoms in total. The van der Waals surface area contributed by atoms with Crippen molar-refractivity contribution in [1.29, 1.82) is 0 Å². The third kappa shape index (κ3) is 1.93. The minimum Gasteiger partial charge on any atom is -0.464 e. The summed E-state index contributed by atoms with van der Waals surface area (Å²) in [6.45, 7) is 5.97. The molecule has 0 fully saturated rings. The molecule has 0 aliphatic rings. The van der Waals surface area contributed by atoms with E-state index in [9.17, 15) is 4.79 Å². The summed E-state index contributed by atoms with van der Waals surface area (Å²) in [4.78, 5) is 12.0. The molecule has 17 heavy (non-hydrogen) atoms. The summed E-state index contributed by atoms with van der Waals surface area (Å²) in [5.74, 6) is -0.207. The Morgan fingerprint density at radius 3 is 2.71 bits per heavy atom. The first-order valence-corrected chi connectivity index (χ1v) is 5.81. The van der Waals surface area contributed by atoms with Gasteiger partial charge in [0.05, 0.1) is 6.61 Å². The van der Waals surface area contributed by atoms with Gasteiger partial charge in [0.2, 0.25) is 0 Å². The molecule has 0 amide bonds. The lowest BCUT2D eigenvalue weighted by Crippen LogP contribution is -2.36. The van der Waals surface area contributed by atoms with Gasteiger partial charge >= 0.3 is 5.97 Å². The van der Waals surface area contributed by atoms with Crippen molar-refractivity contribution in [3.8, 4) is 0 Å². The molecular formula is C14H17NO2. The number of ether oxygens (including phenoxy) is 1. The first kappa shape index (κ1) is 11.7. The zero-order chi connectivity index (χ0) is 12.5. The number of aromatic nitrogens is 1. The van der Waals surface area contributed by atoms with Gasteiger partial charge in [-0.1, -0.05) is 18.2 Å². The van der Waals surface area contributed by atoms with Crippen LogP contribution in [0.3, 0.4) is 0 Å². The second kappa shape index (κ2) is 4.24. The van der Waals surface area contributed by atoms with Crippen LogP contribution in [-0.4, -0.2) is 17.1 Å². The number of benzene rings is 1. The molecule has 3 heteroatoms. The molecule has 0 aliphatic carbocycles. The van der Waals surface area contributed by atoms with Crippen LogP contribution in [-0.2, 0) is 15.1 Å². The maximum atomic E-state index is 12.0. The van der Waals surface area contributed by atoms with Crippen molar-refractivity contribution >= 4 is 16.9 Å². The van der Waals surface area contributed by atoms with Crippen molar-refractivity contribution < 1.29 is 9.53 Å². The maximum Gasteiger partial charge on any atom is 0.331 e. The molecule has 2 rings (SSSR count). The molecule has 0 saturated heterocycles. The highest BCUT2D eigenvalue weighted by atomic mass is 16.5. The monoisotopic (exact) mass is 231 g/mol. The first-order valence-electron chi connectivity index (χ1n) is 5.81. The lowest BCUT2D eigenvalue weighted by molar-refractivity contribution is -0.151. The largest absolute Gasteiger partial charge is 0.464 e. The Morgan fingerprint density at radius 2 is 2.00 bits per heavy atom. The first-order chi connectivity index (χ1) is 8.07. The van der Waals surface area contributed by atoms with Gasteiger partial charge in [0, 0.05) is 11.7 Å². The zero-order valence-corrected chi connectivity index (χ0v) is 10.4. The van der Waals surface area contributed by atoms with E-state index in [1.165, 1.54) is 0 Å². The number of esters is 1. The van der Waals surface area contributed by atoms with Crippen molar-refractivity contribution in [2.75, 3.05) is 6.61 Å². The predicted octanol–water partition coefficient (Wildman–Crippen LogP) is 2.94. The Morgan fingerprint density at radius 1 is 1.29 bits per heavy atom. The van der Waals surface area contributed by atoms with Crippen molar-refractivity contribution in [3.05, 3.63) is 36.5 Å². The lowest BCUT2D eigenvalue weighted by Gasteiger charge is -2.25. The number of rotatable bonds is 3. The minimum atomic E-state index is -0.681. The van der Waals surface area contributed by atoms with Crippen LogP contribution in [0, 0.1) is 0 Å². The van der Waals surface area contributed by atoms with E-state index in [0.29, 0.717) is 6.61 Å². The maximum absolute atomic E-state index is 12.0. The van der Waals surface area contributed by atoms with E-state index in [1.54, 1.807) is 0 Å². The van der Waals surface area contributed by atoms with Gasteiger partial charge in [0.15, 0.2) is 0 Å². The molecule has 1 aromatic carbocycles. The Balaban J connectivity index is 2.48. The summed E-state index contributed by atoms with van der Waals surface area (Å²) >= 11 is 0. The van der Waals surface area contributed by atoms with E-state index in [-0.39, 0.29) is 5.97 Å². The number of hydrogen-bond acceptors (Lipinski definition) is 2. The normalized spacial score (nSPS) is 11.7. The molecule has 1 heterocycles.